The lowest BCUT2D eigenvalue weighted by Crippen LogP contribution is -2.52. The van der Waals surface area contributed by atoms with Gasteiger partial charge in [-0.25, -0.2) is 9.18 Å². The number of hydrogen-bond acceptors (Lipinski definition) is 3. The molecule has 4 nitrogen and oxygen atoms in total. The van der Waals surface area contributed by atoms with Crippen molar-refractivity contribution in [3.8, 4) is 0 Å². The minimum absolute atomic E-state index is 0.104. The van der Waals surface area contributed by atoms with Crippen molar-refractivity contribution in [2.24, 2.45) is 0 Å². The van der Waals surface area contributed by atoms with Crippen molar-refractivity contribution in [2.45, 2.75) is 70.5 Å². The van der Waals surface area contributed by atoms with Crippen LogP contribution in [0.5, 0.6) is 0 Å². The number of carbonyl (C=O) groups excluding carboxylic acids is 1. The second kappa shape index (κ2) is 10.0. The highest BCUT2D eigenvalue weighted by atomic mass is 32.1. The summed E-state index contributed by atoms with van der Waals surface area (Å²) in [6.07, 6.45) is 5.75. The predicted molar refractivity (Wildman–Crippen MR) is 115 cm³/mol. The minimum atomic E-state index is -0.944. The van der Waals surface area contributed by atoms with Crippen LogP contribution in [0.2, 0.25) is 0 Å². The monoisotopic (exact) mass is 417 g/mol. The summed E-state index contributed by atoms with van der Waals surface area (Å²) in [6.45, 7) is 2.11. The normalized spacial score (nSPS) is 17.2. The van der Waals surface area contributed by atoms with E-state index in [4.69, 9.17) is 5.11 Å². The van der Waals surface area contributed by atoms with Gasteiger partial charge >= 0.3 is 5.97 Å². The second-order valence-electron chi connectivity index (χ2n) is 7.64. The molecule has 1 N–H and O–H groups in total. The smallest absolute Gasteiger partial charge is 0.345 e. The highest BCUT2D eigenvalue weighted by Crippen LogP contribution is 2.33. The Balaban J connectivity index is 1.51. The minimum Gasteiger partial charge on any atom is -0.477 e. The predicted octanol–water partition coefficient (Wildman–Crippen LogP) is 6.17. The SMILES string of the molecule is CCCCCC(F)c1ccc(N2C(=O)C[C@@H]2CCCc2ccc(C(=O)O)s2)cc1. The first kappa shape index (κ1) is 21.5. The summed E-state index contributed by atoms with van der Waals surface area (Å²) >= 11 is 1.31. The molecule has 2 atom stereocenters. The molecule has 2 aromatic rings. The highest BCUT2D eigenvalue weighted by molar-refractivity contribution is 7.13. The zero-order chi connectivity index (χ0) is 20.8. The summed E-state index contributed by atoms with van der Waals surface area (Å²) in [6, 6.07) is 11.0. The summed E-state index contributed by atoms with van der Waals surface area (Å²) in [5.74, 6) is -0.784. The number of β-lactam (4-membered cyclic amide) rings is 1. The quantitative estimate of drug-likeness (QED) is 0.352. The van der Waals surface area contributed by atoms with Gasteiger partial charge in [0.25, 0.3) is 0 Å². The second-order valence-corrected chi connectivity index (χ2v) is 8.81. The van der Waals surface area contributed by atoms with Crippen LogP contribution in [0.1, 0.15) is 78.2 Å². The van der Waals surface area contributed by atoms with E-state index >= 15 is 0 Å². The summed E-state index contributed by atoms with van der Waals surface area (Å²) in [4.78, 5) is 26.3. The third-order valence-electron chi connectivity index (χ3n) is 5.47. The molecule has 0 radical (unpaired) electrons. The molecule has 1 aromatic heterocycles. The van der Waals surface area contributed by atoms with Crippen LogP contribution in [-0.4, -0.2) is 23.0 Å². The number of alkyl halides is 1. The Morgan fingerprint density at radius 3 is 2.59 bits per heavy atom. The Bertz CT molecular complexity index is 833. The third-order valence-corrected chi connectivity index (χ3v) is 6.60. The van der Waals surface area contributed by atoms with Gasteiger partial charge in [-0.3, -0.25) is 4.79 Å². The van der Waals surface area contributed by atoms with Gasteiger partial charge in [-0.1, -0.05) is 38.3 Å². The first-order valence-corrected chi connectivity index (χ1v) is 11.2. The Kier molecular flexibility index (Phi) is 7.42. The zero-order valence-corrected chi connectivity index (χ0v) is 17.6. The van der Waals surface area contributed by atoms with Gasteiger partial charge in [-0.05, 0) is 55.5 Å². The number of benzene rings is 1. The number of unbranched alkanes of at least 4 members (excludes halogenated alkanes) is 2. The van der Waals surface area contributed by atoms with Crippen molar-refractivity contribution in [1.82, 2.24) is 0 Å². The van der Waals surface area contributed by atoms with Crippen molar-refractivity contribution < 1.29 is 19.1 Å². The number of nitrogens with zero attached hydrogens (tertiary/aromatic N) is 1. The number of carbonyl (C=O) groups is 2. The van der Waals surface area contributed by atoms with Crippen LogP contribution in [0.4, 0.5) is 10.1 Å². The van der Waals surface area contributed by atoms with Gasteiger partial charge in [0.2, 0.25) is 5.91 Å². The van der Waals surface area contributed by atoms with Gasteiger partial charge in [-0.2, -0.15) is 0 Å². The molecule has 0 saturated carbocycles. The fourth-order valence-electron chi connectivity index (χ4n) is 3.79. The summed E-state index contributed by atoms with van der Waals surface area (Å²) in [5.41, 5.74) is 1.52. The number of halogens is 1. The zero-order valence-electron chi connectivity index (χ0n) is 16.8. The van der Waals surface area contributed by atoms with Gasteiger partial charge in [0.15, 0.2) is 0 Å². The number of aromatic carboxylic acids is 1. The first-order chi connectivity index (χ1) is 14.0. The van der Waals surface area contributed by atoms with Crippen molar-refractivity contribution in [1.29, 1.82) is 0 Å². The van der Waals surface area contributed by atoms with Crippen LogP contribution < -0.4 is 4.90 Å². The maximum Gasteiger partial charge on any atom is 0.345 e. The number of thiophene rings is 1. The van der Waals surface area contributed by atoms with E-state index in [0.29, 0.717) is 23.3 Å². The van der Waals surface area contributed by atoms with E-state index in [0.717, 1.165) is 49.1 Å². The fraction of sp³-hybridized carbons (Fsp3) is 0.478. The van der Waals surface area contributed by atoms with Gasteiger partial charge in [0, 0.05) is 23.0 Å². The van der Waals surface area contributed by atoms with Gasteiger partial charge < -0.3 is 10.0 Å². The highest BCUT2D eigenvalue weighted by Gasteiger charge is 2.36. The summed E-state index contributed by atoms with van der Waals surface area (Å²) < 4.78 is 14.3. The molecule has 1 fully saturated rings. The molecule has 0 spiro atoms. The Morgan fingerprint density at radius 2 is 1.97 bits per heavy atom. The van der Waals surface area contributed by atoms with Crippen molar-refractivity contribution in [3.05, 3.63) is 51.7 Å². The van der Waals surface area contributed by atoms with E-state index in [2.05, 4.69) is 6.92 Å². The molecule has 156 valence electrons. The maximum absolute atomic E-state index is 14.3. The largest absolute Gasteiger partial charge is 0.477 e. The molecule has 2 heterocycles. The standard InChI is InChI=1S/C23H28FNO3S/c1-2-3-4-8-20(24)16-9-11-17(12-10-16)25-18(15-22(25)26)6-5-7-19-13-14-21(29-19)23(27)28/h9-14,18,20H,2-8,15H2,1H3,(H,27,28)/t18-,20?/m0/s1. The number of rotatable bonds is 11. The van der Waals surface area contributed by atoms with Crippen LogP contribution in [-0.2, 0) is 11.2 Å². The lowest BCUT2D eigenvalue weighted by atomic mass is 9.94. The molecule has 6 heteroatoms. The van der Waals surface area contributed by atoms with Crippen molar-refractivity contribution in [2.75, 3.05) is 4.90 Å². The Labute approximate surface area is 175 Å². The van der Waals surface area contributed by atoms with Crippen LogP contribution >= 0.6 is 11.3 Å². The molecular formula is C23H28FNO3S. The number of hydrogen-bond donors (Lipinski definition) is 1. The van der Waals surface area contributed by atoms with E-state index in [9.17, 15) is 14.0 Å². The van der Waals surface area contributed by atoms with E-state index < -0.39 is 12.1 Å². The molecule has 3 rings (SSSR count). The maximum atomic E-state index is 14.3. The van der Waals surface area contributed by atoms with E-state index in [1.54, 1.807) is 18.2 Å². The molecule has 1 aromatic carbocycles. The Hall–Kier alpha value is -2.21. The lowest BCUT2D eigenvalue weighted by molar-refractivity contribution is -0.124. The molecule has 29 heavy (non-hydrogen) atoms. The number of aryl methyl sites for hydroxylation is 1. The number of anilines is 1. The molecule has 1 saturated heterocycles. The molecule has 0 bridgehead atoms. The van der Waals surface area contributed by atoms with E-state index in [-0.39, 0.29) is 11.9 Å². The van der Waals surface area contributed by atoms with Gasteiger partial charge in [-0.15, -0.1) is 11.3 Å². The van der Waals surface area contributed by atoms with E-state index in [1.165, 1.54) is 11.3 Å². The molecule has 1 unspecified atom stereocenters. The molecule has 1 aliphatic heterocycles. The molecule has 0 aliphatic carbocycles. The summed E-state index contributed by atoms with van der Waals surface area (Å²) in [7, 11) is 0. The number of carboxylic acid groups (broad SMARTS) is 1. The summed E-state index contributed by atoms with van der Waals surface area (Å²) in [5, 5.41) is 9.00. The van der Waals surface area contributed by atoms with Crippen LogP contribution in [0.25, 0.3) is 0 Å². The third kappa shape index (κ3) is 5.44. The number of carboxylic acids is 1. The van der Waals surface area contributed by atoms with Crippen molar-refractivity contribution in [3.63, 3.8) is 0 Å². The fourth-order valence-corrected chi connectivity index (χ4v) is 4.68. The van der Waals surface area contributed by atoms with Crippen LogP contribution in [0.3, 0.4) is 0 Å². The Morgan fingerprint density at radius 1 is 1.21 bits per heavy atom. The topological polar surface area (TPSA) is 57.6 Å². The molecule has 1 aliphatic rings. The van der Waals surface area contributed by atoms with E-state index in [1.807, 2.05) is 23.1 Å². The van der Waals surface area contributed by atoms with Crippen LogP contribution in [0, 0.1) is 0 Å². The van der Waals surface area contributed by atoms with Gasteiger partial charge in [0.1, 0.15) is 11.0 Å². The average molecular weight is 418 g/mol. The molecule has 1 amide bonds. The van der Waals surface area contributed by atoms with Crippen LogP contribution in [0.15, 0.2) is 36.4 Å². The van der Waals surface area contributed by atoms with Gasteiger partial charge in [0.05, 0.1) is 0 Å². The molecular weight excluding hydrogens is 389 g/mol. The first-order valence-electron chi connectivity index (χ1n) is 10.4. The number of amides is 1. The lowest BCUT2D eigenvalue weighted by Gasteiger charge is -2.40. The average Bonchev–Trinajstić information content (AvgIpc) is 3.17. The van der Waals surface area contributed by atoms with Crippen molar-refractivity contribution >= 4 is 28.9 Å².